The summed E-state index contributed by atoms with van der Waals surface area (Å²) in [5, 5.41) is 4.36. The lowest BCUT2D eigenvalue weighted by atomic mass is 10.1. The lowest BCUT2D eigenvalue weighted by Gasteiger charge is -2.31. The number of ether oxygens (including phenoxy) is 1. The van der Waals surface area contributed by atoms with Crippen molar-refractivity contribution in [1.82, 2.24) is 15.2 Å². The maximum atomic E-state index is 12.7. The number of fused-ring (bicyclic) bond motifs is 1. The molecule has 1 saturated heterocycles. The van der Waals surface area contributed by atoms with Gasteiger partial charge in [-0.3, -0.25) is 9.69 Å². The number of thiazole rings is 1. The number of aromatic nitrogens is 1. The zero-order valence-corrected chi connectivity index (χ0v) is 17.4. The number of nitrogens with zero attached hydrogens (tertiary/aromatic N) is 2. The van der Waals surface area contributed by atoms with Crippen molar-refractivity contribution in [2.45, 2.75) is 25.3 Å². The quantitative estimate of drug-likeness (QED) is 0.615. The molecule has 0 unspecified atom stereocenters. The standard InChI is InChI=1S/C23H27N3O2S/c27-22(11-6-12-23-25-19-9-4-5-10-21(19)29-23)24-20(18-7-2-1-3-8-18)17-26-13-15-28-16-14-26/h1-5,7-10,20H,6,11-17H2,(H,24,27)/t20-/m0/s1. The van der Waals surface area contributed by atoms with Gasteiger partial charge in [-0.05, 0) is 30.5 Å². The molecule has 29 heavy (non-hydrogen) atoms. The van der Waals surface area contributed by atoms with Gasteiger partial charge in [0, 0.05) is 26.1 Å². The predicted octanol–water partition coefficient (Wildman–Crippen LogP) is 3.81. The Hall–Kier alpha value is -2.28. The van der Waals surface area contributed by atoms with Crippen LogP contribution in [0.15, 0.2) is 54.6 Å². The van der Waals surface area contributed by atoms with Crippen molar-refractivity contribution in [3.05, 3.63) is 65.2 Å². The largest absolute Gasteiger partial charge is 0.379 e. The van der Waals surface area contributed by atoms with Crippen LogP contribution in [-0.4, -0.2) is 48.6 Å². The minimum Gasteiger partial charge on any atom is -0.379 e. The van der Waals surface area contributed by atoms with Crippen molar-refractivity contribution in [2.24, 2.45) is 0 Å². The third-order valence-corrected chi connectivity index (χ3v) is 6.31. The molecule has 2 aromatic carbocycles. The van der Waals surface area contributed by atoms with Crippen molar-refractivity contribution < 1.29 is 9.53 Å². The van der Waals surface area contributed by atoms with Crippen molar-refractivity contribution in [2.75, 3.05) is 32.8 Å². The summed E-state index contributed by atoms with van der Waals surface area (Å²) < 4.78 is 6.66. The molecule has 1 atom stereocenters. The van der Waals surface area contributed by atoms with Crippen molar-refractivity contribution in [3.8, 4) is 0 Å². The Morgan fingerprint density at radius 3 is 2.66 bits per heavy atom. The van der Waals surface area contributed by atoms with E-state index in [2.05, 4.69) is 33.4 Å². The van der Waals surface area contributed by atoms with E-state index in [0.29, 0.717) is 6.42 Å². The highest BCUT2D eigenvalue weighted by atomic mass is 32.1. The monoisotopic (exact) mass is 409 g/mol. The minimum absolute atomic E-state index is 0.00394. The molecule has 1 fully saturated rings. The summed E-state index contributed by atoms with van der Waals surface area (Å²) in [7, 11) is 0. The maximum Gasteiger partial charge on any atom is 0.220 e. The molecular formula is C23H27N3O2S. The van der Waals surface area contributed by atoms with Crippen LogP contribution in [0.25, 0.3) is 10.2 Å². The molecule has 6 heteroatoms. The summed E-state index contributed by atoms with van der Waals surface area (Å²) >= 11 is 1.72. The second-order valence-electron chi connectivity index (χ2n) is 7.37. The van der Waals surface area contributed by atoms with E-state index in [9.17, 15) is 4.79 Å². The van der Waals surface area contributed by atoms with Crippen LogP contribution in [0.4, 0.5) is 0 Å². The molecule has 4 rings (SSSR count). The first-order chi connectivity index (χ1) is 14.3. The Balaban J connectivity index is 1.32. The van der Waals surface area contributed by atoms with Gasteiger partial charge in [-0.2, -0.15) is 0 Å². The molecule has 1 aliphatic heterocycles. The summed E-state index contributed by atoms with van der Waals surface area (Å²) in [5.74, 6) is 0.105. The Morgan fingerprint density at radius 2 is 1.86 bits per heavy atom. The molecule has 152 valence electrons. The molecule has 2 heterocycles. The Bertz CT molecular complexity index is 889. The third kappa shape index (κ3) is 5.63. The molecule has 5 nitrogen and oxygen atoms in total. The average molecular weight is 410 g/mol. The molecule has 1 aromatic heterocycles. The van der Waals surface area contributed by atoms with Gasteiger partial charge in [0.05, 0.1) is 34.5 Å². The van der Waals surface area contributed by atoms with Crippen molar-refractivity contribution in [1.29, 1.82) is 0 Å². The summed E-state index contributed by atoms with van der Waals surface area (Å²) in [6.45, 7) is 4.17. The Labute approximate surface area is 175 Å². The second-order valence-corrected chi connectivity index (χ2v) is 8.49. The molecular weight excluding hydrogens is 382 g/mol. The van der Waals surface area contributed by atoms with E-state index in [1.807, 2.05) is 36.4 Å². The van der Waals surface area contributed by atoms with Gasteiger partial charge in [0.25, 0.3) is 0 Å². The number of aryl methyl sites for hydroxylation is 1. The molecule has 1 amide bonds. The first-order valence-corrected chi connectivity index (χ1v) is 11.1. The number of para-hydroxylation sites is 1. The van der Waals surface area contributed by atoms with Gasteiger partial charge < -0.3 is 10.1 Å². The normalized spacial score (nSPS) is 16.0. The van der Waals surface area contributed by atoms with Gasteiger partial charge in [0.15, 0.2) is 0 Å². The van der Waals surface area contributed by atoms with E-state index >= 15 is 0 Å². The van der Waals surface area contributed by atoms with Crippen LogP contribution >= 0.6 is 11.3 Å². The number of hydrogen-bond donors (Lipinski definition) is 1. The smallest absolute Gasteiger partial charge is 0.220 e. The Kier molecular flexibility index (Phi) is 6.87. The van der Waals surface area contributed by atoms with E-state index in [-0.39, 0.29) is 11.9 Å². The first kappa shape index (κ1) is 20.0. The van der Waals surface area contributed by atoms with Crippen molar-refractivity contribution >= 4 is 27.5 Å². The maximum absolute atomic E-state index is 12.7. The fourth-order valence-corrected chi connectivity index (χ4v) is 4.66. The number of rotatable bonds is 8. The van der Waals surface area contributed by atoms with Crippen LogP contribution in [-0.2, 0) is 16.0 Å². The summed E-state index contributed by atoms with van der Waals surface area (Å²) in [4.78, 5) is 19.7. The van der Waals surface area contributed by atoms with E-state index in [1.54, 1.807) is 11.3 Å². The molecule has 0 spiro atoms. The van der Waals surface area contributed by atoms with Crippen LogP contribution in [0.5, 0.6) is 0 Å². The second kappa shape index (κ2) is 9.96. The highest BCUT2D eigenvalue weighted by molar-refractivity contribution is 7.18. The van der Waals surface area contributed by atoms with Crippen LogP contribution in [0.1, 0.15) is 29.5 Å². The summed E-state index contributed by atoms with van der Waals surface area (Å²) in [6, 6.07) is 18.4. The van der Waals surface area contributed by atoms with Gasteiger partial charge in [-0.1, -0.05) is 42.5 Å². The number of benzene rings is 2. The molecule has 3 aromatic rings. The Morgan fingerprint density at radius 1 is 1.10 bits per heavy atom. The molecule has 1 aliphatic rings. The van der Waals surface area contributed by atoms with E-state index in [0.717, 1.165) is 61.8 Å². The van der Waals surface area contributed by atoms with E-state index < -0.39 is 0 Å². The topological polar surface area (TPSA) is 54.5 Å². The fraction of sp³-hybridized carbons (Fsp3) is 0.391. The number of morpholine rings is 1. The van der Waals surface area contributed by atoms with Crippen LogP contribution < -0.4 is 5.32 Å². The van der Waals surface area contributed by atoms with Gasteiger partial charge in [0.1, 0.15) is 0 Å². The summed E-state index contributed by atoms with van der Waals surface area (Å²) in [6.07, 6.45) is 2.17. The number of carbonyl (C=O) groups excluding carboxylic acids is 1. The van der Waals surface area contributed by atoms with Crippen LogP contribution in [0.2, 0.25) is 0 Å². The lowest BCUT2D eigenvalue weighted by molar-refractivity contribution is -0.122. The number of amides is 1. The molecule has 0 saturated carbocycles. The minimum atomic E-state index is 0.00394. The highest BCUT2D eigenvalue weighted by Gasteiger charge is 2.20. The number of nitrogens with one attached hydrogen (secondary N) is 1. The van der Waals surface area contributed by atoms with E-state index in [4.69, 9.17) is 4.74 Å². The van der Waals surface area contributed by atoms with Gasteiger partial charge in [0.2, 0.25) is 5.91 Å². The van der Waals surface area contributed by atoms with Gasteiger partial charge in [-0.15, -0.1) is 11.3 Å². The van der Waals surface area contributed by atoms with Gasteiger partial charge in [-0.25, -0.2) is 4.98 Å². The third-order valence-electron chi connectivity index (χ3n) is 5.21. The number of carbonyl (C=O) groups is 1. The predicted molar refractivity (Wildman–Crippen MR) is 117 cm³/mol. The summed E-state index contributed by atoms with van der Waals surface area (Å²) in [5.41, 5.74) is 2.20. The van der Waals surface area contributed by atoms with Crippen molar-refractivity contribution in [3.63, 3.8) is 0 Å². The zero-order chi connectivity index (χ0) is 19.9. The first-order valence-electron chi connectivity index (χ1n) is 10.3. The highest BCUT2D eigenvalue weighted by Crippen LogP contribution is 2.23. The lowest BCUT2D eigenvalue weighted by Crippen LogP contribution is -2.43. The average Bonchev–Trinajstić information content (AvgIpc) is 3.17. The van der Waals surface area contributed by atoms with E-state index in [1.165, 1.54) is 4.70 Å². The van der Waals surface area contributed by atoms with Crippen LogP contribution in [0, 0.1) is 0 Å². The van der Waals surface area contributed by atoms with Gasteiger partial charge >= 0.3 is 0 Å². The molecule has 0 radical (unpaired) electrons. The SMILES string of the molecule is O=C(CCCc1nc2ccccc2s1)N[C@@H](CN1CCOCC1)c1ccccc1. The zero-order valence-electron chi connectivity index (χ0n) is 16.5. The molecule has 1 N–H and O–H groups in total. The van der Waals surface area contributed by atoms with Crippen LogP contribution in [0.3, 0.4) is 0 Å². The number of hydrogen-bond acceptors (Lipinski definition) is 5. The molecule has 0 bridgehead atoms. The molecule has 0 aliphatic carbocycles. The fourth-order valence-electron chi connectivity index (χ4n) is 3.66.